The maximum atomic E-state index is 5.93. The van der Waals surface area contributed by atoms with Crippen LogP contribution in [-0.4, -0.2) is 29.3 Å². The van der Waals surface area contributed by atoms with Crippen LogP contribution in [0.4, 0.5) is 0 Å². The number of ether oxygens (including phenoxy) is 2. The molecule has 3 aromatic rings. The fourth-order valence-electron chi connectivity index (χ4n) is 2.97. The van der Waals surface area contributed by atoms with Gasteiger partial charge < -0.3 is 19.8 Å². The number of aromatic nitrogens is 2. The Morgan fingerprint density at radius 2 is 1.83 bits per heavy atom. The molecular weight excluding hydrogens is 290 g/mol. The van der Waals surface area contributed by atoms with E-state index in [4.69, 9.17) is 20.2 Å². The van der Waals surface area contributed by atoms with Gasteiger partial charge in [-0.15, -0.1) is 0 Å². The van der Waals surface area contributed by atoms with Gasteiger partial charge in [0.25, 0.3) is 0 Å². The average Bonchev–Trinajstić information content (AvgIpc) is 2.98. The van der Waals surface area contributed by atoms with Crippen molar-refractivity contribution in [2.45, 2.75) is 13.0 Å². The lowest BCUT2D eigenvalue weighted by molar-refractivity contribution is 0.172. The van der Waals surface area contributed by atoms with Gasteiger partial charge in [-0.25, -0.2) is 4.98 Å². The van der Waals surface area contributed by atoms with E-state index < -0.39 is 0 Å². The third-order valence-electron chi connectivity index (χ3n) is 4.17. The summed E-state index contributed by atoms with van der Waals surface area (Å²) in [7, 11) is 0. The van der Waals surface area contributed by atoms with Crippen molar-refractivity contribution in [1.82, 2.24) is 9.55 Å². The molecule has 1 atom stereocenters. The Morgan fingerprint density at radius 1 is 1.13 bits per heavy atom. The Labute approximate surface area is 134 Å². The molecule has 0 amide bonds. The van der Waals surface area contributed by atoms with E-state index in [1.807, 2.05) is 30.3 Å². The highest BCUT2D eigenvalue weighted by molar-refractivity contribution is 5.84. The summed E-state index contributed by atoms with van der Waals surface area (Å²) in [6.07, 6.45) is 0. The standard InChI is InChI=1S/C18H19N3O2/c1-12(11-19)21-15-10-17-16(22-7-8-23-17)9-14(15)20-18(21)13-5-3-2-4-6-13/h2-6,9-10,12H,7-8,11,19H2,1H3. The highest BCUT2D eigenvalue weighted by Crippen LogP contribution is 2.37. The maximum Gasteiger partial charge on any atom is 0.163 e. The molecule has 2 heterocycles. The SMILES string of the molecule is CC(CN)n1c(-c2ccccc2)nc2cc3c(cc21)OCCO3. The monoisotopic (exact) mass is 309 g/mol. The van der Waals surface area contributed by atoms with Gasteiger partial charge in [0, 0.05) is 30.3 Å². The van der Waals surface area contributed by atoms with E-state index in [2.05, 4.69) is 23.6 Å². The minimum absolute atomic E-state index is 0.137. The summed E-state index contributed by atoms with van der Waals surface area (Å²) in [6, 6.07) is 14.3. The summed E-state index contributed by atoms with van der Waals surface area (Å²) < 4.78 is 13.6. The van der Waals surface area contributed by atoms with Crippen molar-refractivity contribution in [2.24, 2.45) is 5.73 Å². The second-order valence-corrected chi connectivity index (χ2v) is 5.74. The number of benzene rings is 2. The van der Waals surface area contributed by atoms with Crippen LogP contribution < -0.4 is 15.2 Å². The molecule has 5 heteroatoms. The fourth-order valence-corrected chi connectivity index (χ4v) is 2.97. The van der Waals surface area contributed by atoms with Crippen molar-refractivity contribution in [3.63, 3.8) is 0 Å². The fraction of sp³-hybridized carbons (Fsp3) is 0.278. The minimum Gasteiger partial charge on any atom is -0.486 e. The second-order valence-electron chi connectivity index (χ2n) is 5.74. The van der Waals surface area contributed by atoms with Gasteiger partial charge in [0.1, 0.15) is 19.0 Å². The lowest BCUT2D eigenvalue weighted by Crippen LogP contribution is -2.17. The first-order valence-corrected chi connectivity index (χ1v) is 7.85. The molecule has 118 valence electrons. The molecule has 0 bridgehead atoms. The second kappa shape index (κ2) is 5.59. The van der Waals surface area contributed by atoms with E-state index >= 15 is 0 Å². The van der Waals surface area contributed by atoms with Crippen LogP contribution in [0.15, 0.2) is 42.5 Å². The third kappa shape index (κ3) is 2.33. The summed E-state index contributed by atoms with van der Waals surface area (Å²) in [5.41, 5.74) is 8.92. The molecule has 1 unspecified atom stereocenters. The zero-order valence-corrected chi connectivity index (χ0v) is 13.0. The smallest absolute Gasteiger partial charge is 0.163 e. The van der Waals surface area contributed by atoms with Crippen LogP contribution in [0.3, 0.4) is 0 Å². The molecule has 0 spiro atoms. The van der Waals surface area contributed by atoms with Crippen LogP contribution in [0.1, 0.15) is 13.0 Å². The number of fused-ring (bicyclic) bond motifs is 2. The van der Waals surface area contributed by atoms with E-state index in [1.165, 1.54) is 0 Å². The summed E-state index contributed by atoms with van der Waals surface area (Å²) in [4.78, 5) is 4.83. The summed E-state index contributed by atoms with van der Waals surface area (Å²) in [5, 5.41) is 0. The highest BCUT2D eigenvalue weighted by Gasteiger charge is 2.20. The Kier molecular flexibility index (Phi) is 3.42. The first kappa shape index (κ1) is 14.1. The lowest BCUT2D eigenvalue weighted by Gasteiger charge is -2.19. The van der Waals surface area contributed by atoms with Gasteiger partial charge in [-0.2, -0.15) is 0 Å². The molecule has 4 rings (SSSR count). The molecule has 0 fully saturated rings. The first-order chi connectivity index (χ1) is 11.3. The van der Waals surface area contributed by atoms with Gasteiger partial charge in [0.05, 0.1) is 11.0 Å². The van der Waals surface area contributed by atoms with Crippen LogP contribution in [0.25, 0.3) is 22.4 Å². The summed E-state index contributed by atoms with van der Waals surface area (Å²) in [5.74, 6) is 2.45. The topological polar surface area (TPSA) is 62.3 Å². The van der Waals surface area contributed by atoms with E-state index in [0.717, 1.165) is 33.9 Å². The zero-order valence-electron chi connectivity index (χ0n) is 13.0. The van der Waals surface area contributed by atoms with Crippen molar-refractivity contribution in [2.75, 3.05) is 19.8 Å². The molecule has 23 heavy (non-hydrogen) atoms. The predicted molar refractivity (Wildman–Crippen MR) is 89.9 cm³/mol. The van der Waals surface area contributed by atoms with Crippen molar-refractivity contribution in [1.29, 1.82) is 0 Å². The Bertz CT molecular complexity index is 842. The molecule has 2 aromatic carbocycles. The first-order valence-electron chi connectivity index (χ1n) is 7.85. The Morgan fingerprint density at radius 3 is 2.52 bits per heavy atom. The minimum atomic E-state index is 0.137. The number of imidazole rings is 1. The quantitative estimate of drug-likeness (QED) is 0.808. The zero-order chi connectivity index (χ0) is 15.8. The van der Waals surface area contributed by atoms with E-state index in [1.54, 1.807) is 0 Å². The van der Waals surface area contributed by atoms with Crippen LogP contribution in [-0.2, 0) is 0 Å². The van der Waals surface area contributed by atoms with Gasteiger partial charge in [-0.1, -0.05) is 30.3 Å². The van der Waals surface area contributed by atoms with Crippen LogP contribution in [0.5, 0.6) is 11.5 Å². The van der Waals surface area contributed by atoms with E-state index in [0.29, 0.717) is 19.8 Å². The molecule has 0 saturated heterocycles. The number of nitrogens with zero attached hydrogens (tertiary/aromatic N) is 2. The van der Waals surface area contributed by atoms with Crippen molar-refractivity contribution >= 4 is 11.0 Å². The predicted octanol–water partition coefficient (Wildman–Crippen LogP) is 2.99. The largest absolute Gasteiger partial charge is 0.486 e. The average molecular weight is 309 g/mol. The van der Waals surface area contributed by atoms with Gasteiger partial charge in [0.15, 0.2) is 11.5 Å². The third-order valence-corrected chi connectivity index (χ3v) is 4.17. The molecule has 5 nitrogen and oxygen atoms in total. The normalized spacial score (nSPS) is 14.9. The maximum absolute atomic E-state index is 5.93. The summed E-state index contributed by atoms with van der Waals surface area (Å²) in [6.45, 7) is 3.79. The molecule has 0 aliphatic carbocycles. The highest BCUT2D eigenvalue weighted by atomic mass is 16.6. The van der Waals surface area contributed by atoms with Crippen LogP contribution in [0.2, 0.25) is 0 Å². The summed E-state index contributed by atoms with van der Waals surface area (Å²) >= 11 is 0. The van der Waals surface area contributed by atoms with Crippen molar-refractivity contribution in [3.05, 3.63) is 42.5 Å². The molecular formula is C18H19N3O2. The molecule has 0 saturated carbocycles. The van der Waals surface area contributed by atoms with Gasteiger partial charge in [-0.05, 0) is 6.92 Å². The van der Waals surface area contributed by atoms with Crippen molar-refractivity contribution < 1.29 is 9.47 Å². The molecule has 2 N–H and O–H groups in total. The Balaban J connectivity index is 1.98. The Hall–Kier alpha value is -2.53. The van der Waals surface area contributed by atoms with Crippen LogP contribution >= 0.6 is 0 Å². The van der Waals surface area contributed by atoms with E-state index in [9.17, 15) is 0 Å². The van der Waals surface area contributed by atoms with Crippen LogP contribution in [0, 0.1) is 0 Å². The van der Waals surface area contributed by atoms with Gasteiger partial charge >= 0.3 is 0 Å². The molecule has 1 aromatic heterocycles. The van der Waals surface area contributed by atoms with E-state index in [-0.39, 0.29) is 6.04 Å². The molecule has 1 aliphatic heterocycles. The number of rotatable bonds is 3. The van der Waals surface area contributed by atoms with Gasteiger partial charge in [-0.3, -0.25) is 0 Å². The lowest BCUT2D eigenvalue weighted by atomic mass is 10.2. The van der Waals surface area contributed by atoms with Gasteiger partial charge in [0.2, 0.25) is 0 Å². The number of hydrogen-bond donors (Lipinski definition) is 1. The van der Waals surface area contributed by atoms with Crippen molar-refractivity contribution in [3.8, 4) is 22.9 Å². The number of hydrogen-bond acceptors (Lipinski definition) is 4. The molecule has 0 radical (unpaired) electrons. The molecule has 1 aliphatic rings. The number of nitrogens with two attached hydrogens (primary N) is 1.